The lowest BCUT2D eigenvalue weighted by molar-refractivity contribution is -0.113. The van der Waals surface area contributed by atoms with Crippen LogP contribution < -0.4 is 10.9 Å². The second-order valence-electron chi connectivity index (χ2n) is 10.00. The van der Waals surface area contributed by atoms with Crippen molar-refractivity contribution in [2.24, 2.45) is 0 Å². The molecule has 1 aromatic heterocycles. The smallest absolute Gasteiger partial charge is 0.258 e. The molecule has 0 aliphatic heterocycles. The van der Waals surface area contributed by atoms with Gasteiger partial charge in [0.25, 0.3) is 5.56 Å². The first kappa shape index (κ1) is 25.1. The second kappa shape index (κ2) is 10.4. The highest BCUT2D eigenvalue weighted by Crippen LogP contribution is 2.48. The number of anilines is 1. The maximum atomic E-state index is 14.1. The van der Waals surface area contributed by atoms with Crippen molar-refractivity contribution in [1.82, 2.24) is 9.55 Å². The summed E-state index contributed by atoms with van der Waals surface area (Å²) in [5, 5.41) is 4.18. The summed E-state index contributed by atoms with van der Waals surface area (Å²) in [6.45, 7) is 4.54. The number of hydrogen-bond donors (Lipinski definition) is 1. The highest BCUT2D eigenvalue weighted by Gasteiger charge is 2.43. The molecule has 0 atom stereocenters. The van der Waals surface area contributed by atoms with Gasteiger partial charge in [0, 0.05) is 28.2 Å². The number of nitrogens with zero attached hydrogens (tertiary/aromatic N) is 2. The Hall–Kier alpha value is -2.57. The van der Waals surface area contributed by atoms with E-state index in [0.717, 1.165) is 60.9 Å². The molecule has 0 saturated heterocycles. The normalized spacial score (nSPS) is 15.9. The lowest BCUT2D eigenvalue weighted by atomic mass is 9.62. The van der Waals surface area contributed by atoms with Crippen molar-refractivity contribution < 1.29 is 4.79 Å². The molecule has 1 fully saturated rings. The van der Waals surface area contributed by atoms with Gasteiger partial charge < -0.3 is 5.32 Å². The van der Waals surface area contributed by atoms with Crippen LogP contribution in [0.3, 0.4) is 0 Å². The molecule has 1 saturated carbocycles. The average molecular weight is 522 g/mol. The zero-order valence-electron chi connectivity index (χ0n) is 20.9. The van der Waals surface area contributed by atoms with E-state index in [2.05, 4.69) is 30.4 Å². The number of benzene rings is 2. The van der Waals surface area contributed by atoms with Gasteiger partial charge in [-0.05, 0) is 55.9 Å². The van der Waals surface area contributed by atoms with Gasteiger partial charge in [-0.25, -0.2) is 4.98 Å². The molecule has 5 nitrogen and oxygen atoms in total. The number of hydrogen-bond acceptors (Lipinski definition) is 4. The number of thioether (sulfide) groups is 1. The van der Waals surface area contributed by atoms with Crippen LogP contribution >= 0.6 is 23.4 Å². The molecule has 188 valence electrons. The van der Waals surface area contributed by atoms with E-state index in [-0.39, 0.29) is 22.6 Å². The number of fused-ring (bicyclic) bond motifs is 4. The summed E-state index contributed by atoms with van der Waals surface area (Å²) in [7, 11) is 0. The maximum absolute atomic E-state index is 14.1. The average Bonchev–Trinajstić information content (AvgIpc) is 2.87. The van der Waals surface area contributed by atoms with E-state index in [1.54, 1.807) is 6.07 Å². The summed E-state index contributed by atoms with van der Waals surface area (Å²) in [5.41, 5.74) is 5.54. The Morgan fingerprint density at radius 3 is 2.69 bits per heavy atom. The molecule has 2 aromatic carbocycles. The van der Waals surface area contributed by atoms with Crippen molar-refractivity contribution in [3.8, 4) is 11.3 Å². The number of halogens is 1. The molecule has 2 aliphatic carbocycles. The lowest BCUT2D eigenvalue weighted by Crippen LogP contribution is -2.43. The molecule has 5 rings (SSSR count). The molecule has 3 aromatic rings. The van der Waals surface area contributed by atoms with E-state index < -0.39 is 0 Å². The Labute approximate surface area is 221 Å². The zero-order valence-corrected chi connectivity index (χ0v) is 22.5. The molecule has 0 radical (unpaired) electrons. The molecular weight excluding hydrogens is 490 g/mol. The van der Waals surface area contributed by atoms with Gasteiger partial charge in [0.2, 0.25) is 5.91 Å². The van der Waals surface area contributed by atoms with Crippen molar-refractivity contribution in [3.63, 3.8) is 0 Å². The van der Waals surface area contributed by atoms with Gasteiger partial charge in [-0.1, -0.05) is 79.9 Å². The van der Waals surface area contributed by atoms with Crippen molar-refractivity contribution in [3.05, 3.63) is 74.5 Å². The van der Waals surface area contributed by atoms with Crippen molar-refractivity contribution in [2.45, 2.75) is 75.9 Å². The summed E-state index contributed by atoms with van der Waals surface area (Å²) in [4.78, 5) is 32.1. The van der Waals surface area contributed by atoms with Crippen LogP contribution in [-0.4, -0.2) is 21.2 Å². The maximum Gasteiger partial charge on any atom is 0.258 e. The third-order valence-electron chi connectivity index (χ3n) is 7.60. The molecular formula is C29H32ClN3O2S. The molecule has 1 amide bonds. The monoisotopic (exact) mass is 521 g/mol. The quantitative estimate of drug-likeness (QED) is 0.287. The van der Waals surface area contributed by atoms with Gasteiger partial charge in [0.1, 0.15) is 0 Å². The molecule has 2 aliphatic rings. The first-order chi connectivity index (χ1) is 17.4. The van der Waals surface area contributed by atoms with Crippen LogP contribution in [0.25, 0.3) is 11.3 Å². The molecule has 1 N–H and O–H groups in total. The summed E-state index contributed by atoms with van der Waals surface area (Å²) < 4.78 is 1.81. The van der Waals surface area contributed by atoms with Gasteiger partial charge in [0.05, 0.1) is 17.0 Å². The third kappa shape index (κ3) is 4.61. The number of nitrogens with one attached hydrogen (secondary N) is 1. The largest absolute Gasteiger partial charge is 0.325 e. The van der Waals surface area contributed by atoms with Crippen LogP contribution in [0, 0.1) is 6.92 Å². The summed E-state index contributed by atoms with van der Waals surface area (Å²) in [6.07, 6.45) is 7.32. The van der Waals surface area contributed by atoms with E-state index in [1.807, 2.05) is 29.7 Å². The zero-order chi connectivity index (χ0) is 25.3. The van der Waals surface area contributed by atoms with Gasteiger partial charge in [-0.15, -0.1) is 0 Å². The Balaban J connectivity index is 1.52. The van der Waals surface area contributed by atoms with Crippen LogP contribution in [0.4, 0.5) is 5.69 Å². The topological polar surface area (TPSA) is 64.0 Å². The lowest BCUT2D eigenvalue weighted by Gasteiger charge is -2.42. The fourth-order valence-corrected chi connectivity index (χ4v) is 6.80. The van der Waals surface area contributed by atoms with E-state index in [1.165, 1.54) is 23.7 Å². The predicted molar refractivity (Wildman–Crippen MR) is 148 cm³/mol. The van der Waals surface area contributed by atoms with E-state index in [4.69, 9.17) is 16.6 Å². The van der Waals surface area contributed by atoms with Crippen molar-refractivity contribution >= 4 is 35.0 Å². The third-order valence-corrected chi connectivity index (χ3v) is 8.98. The Kier molecular flexibility index (Phi) is 7.27. The molecule has 1 heterocycles. The standard InChI is InChI=1S/C29H32ClN3O2S/c1-3-16-33-27(35)25-26(21-11-6-5-10-20(21)17-29(25)14-7-4-8-15-29)32-28(33)36-18-24(34)31-23-13-9-12-22(30)19(23)2/h5-6,9-13H,3-4,7-8,14-18H2,1-2H3,(H,31,34). The molecule has 1 spiro atoms. The van der Waals surface area contributed by atoms with Crippen LogP contribution in [0.5, 0.6) is 0 Å². The minimum absolute atomic E-state index is 0.0758. The Morgan fingerprint density at radius 1 is 1.14 bits per heavy atom. The number of aromatic nitrogens is 2. The van der Waals surface area contributed by atoms with Crippen LogP contribution in [0.15, 0.2) is 52.4 Å². The molecule has 0 unspecified atom stereocenters. The minimum atomic E-state index is -0.149. The number of amides is 1. The fraction of sp³-hybridized carbons (Fsp3) is 0.414. The fourth-order valence-electron chi connectivity index (χ4n) is 5.81. The Bertz CT molecular complexity index is 1360. The summed E-state index contributed by atoms with van der Waals surface area (Å²) in [6, 6.07) is 13.8. The SMILES string of the molecule is CCCn1c(SCC(=O)Nc2cccc(Cl)c2C)nc2c(c1=O)C1(CCCCC1)Cc1ccccc1-2. The first-order valence-electron chi connectivity index (χ1n) is 12.8. The van der Waals surface area contributed by atoms with Crippen molar-refractivity contribution in [1.29, 1.82) is 0 Å². The second-order valence-corrected chi connectivity index (χ2v) is 11.3. The minimum Gasteiger partial charge on any atom is -0.325 e. The molecule has 7 heteroatoms. The summed E-state index contributed by atoms with van der Waals surface area (Å²) in [5.74, 6) is 0.0118. The predicted octanol–water partition coefficient (Wildman–Crippen LogP) is 6.77. The highest BCUT2D eigenvalue weighted by molar-refractivity contribution is 7.99. The van der Waals surface area contributed by atoms with Crippen LogP contribution in [-0.2, 0) is 23.2 Å². The van der Waals surface area contributed by atoms with E-state index >= 15 is 0 Å². The van der Waals surface area contributed by atoms with Gasteiger partial charge in [0.15, 0.2) is 5.16 Å². The van der Waals surface area contributed by atoms with Crippen LogP contribution in [0.2, 0.25) is 5.02 Å². The number of carbonyl (C=O) groups is 1. The van der Waals surface area contributed by atoms with Gasteiger partial charge in [-0.3, -0.25) is 14.2 Å². The van der Waals surface area contributed by atoms with E-state index in [0.29, 0.717) is 22.4 Å². The first-order valence-corrected chi connectivity index (χ1v) is 14.2. The summed E-state index contributed by atoms with van der Waals surface area (Å²) >= 11 is 7.54. The van der Waals surface area contributed by atoms with Gasteiger partial charge >= 0.3 is 0 Å². The number of carbonyl (C=O) groups excluding carboxylic acids is 1. The van der Waals surface area contributed by atoms with Crippen molar-refractivity contribution in [2.75, 3.05) is 11.1 Å². The Morgan fingerprint density at radius 2 is 1.92 bits per heavy atom. The number of rotatable bonds is 6. The van der Waals surface area contributed by atoms with E-state index in [9.17, 15) is 9.59 Å². The highest BCUT2D eigenvalue weighted by atomic mass is 35.5. The van der Waals surface area contributed by atoms with Crippen LogP contribution in [0.1, 0.15) is 62.1 Å². The molecule has 0 bridgehead atoms. The molecule has 36 heavy (non-hydrogen) atoms. The van der Waals surface area contributed by atoms with Gasteiger partial charge in [-0.2, -0.15) is 0 Å².